The standard InChI is InChI=1S/C8H5N2O3/c9-4-6-1-7(5-11)3-8(2-6)10(12)13/h1-3H,5H2. The molecule has 0 heterocycles. The molecule has 0 aliphatic carbocycles. The van der Waals surface area contributed by atoms with Crippen LogP contribution in [0.1, 0.15) is 11.1 Å². The molecule has 13 heavy (non-hydrogen) atoms. The maximum Gasteiger partial charge on any atom is 0.271 e. The van der Waals surface area contributed by atoms with Crippen LogP contribution in [0.15, 0.2) is 18.2 Å². The SMILES string of the molecule is N#Cc1cc(C[O])cc([N+](=O)[O-])c1. The van der Waals surface area contributed by atoms with Gasteiger partial charge >= 0.3 is 0 Å². The van der Waals surface area contributed by atoms with Crippen LogP contribution in [-0.4, -0.2) is 4.92 Å². The minimum absolute atomic E-state index is 0.139. The number of rotatable bonds is 2. The van der Waals surface area contributed by atoms with E-state index >= 15 is 0 Å². The molecule has 5 nitrogen and oxygen atoms in total. The fourth-order valence-corrected chi connectivity index (χ4v) is 0.927. The summed E-state index contributed by atoms with van der Waals surface area (Å²) in [4.78, 5) is 9.71. The Labute approximate surface area is 74.0 Å². The van der Waals surface area contributed by atoms with Crippen LogP contribution in [0.2, 0.25) is 0 Å². The lowest BCUT2D eigenvalue weighted by Gasteiger charge is -1.96. The maximum atomic E-state index is 10.4. The zero-order valence-electron chi connectivity index (χ0n) is 6.56. The van der Waals surface area contributed by atoms with Gasteiger partial charge in [-0.3, -0.25) is 10.1 Å². The summed E-state index contributed by atoms with van der Waals surface area (Å²) in [6.07, 6.45) is 0. The summed E-state index contributed by atoms with van der Waals surface area (Å²) in [5.74, 6) is 0. The Morgan fingerprint density at radius 3 is 2.62 bits per heavy atom. The third-order valence-corrected chi connectivity index (χ3v) is 1.48. The molecule has 5 heteroatoms. The van der Waals surface area contributed by atoms with Gasteiger partial charge in [0.1, 0.15) is 6.61 Å². The third kappa shape index (κ3) is 2.01. The Morgan fingerprint density at radius 2 is 2.15 bits per heavy atom. The van der Waals surface area contributed by atoms with Gasteiger partial charge in [-0.15, -0.1) is 0 Å². The highest BCUT2D eigenvalue weighted by Gasteiger charge is 2.08. The summed E-state index contributed by atoms with van der Waals surface area (Å²) in [5, 5.41) is 29.3. The number of hydrogen-bond acceptors (Lipinski definition) is 3. The van der Waals surface area contributed by atoms with Crippen LogP contribution >= 0.6 is 0 Å². The van der Waals surface area contributed by atoms with E-state index in [2.05, 4.69) is 0 Å². The highest BCUT2D eigenvalue weighted by atomic mass is 16.6. The topological polar surface area (TPSA) is 86.8 Å². The van der Waals surface area contributed by atoms with Gasteiger partial charge in [-0.1, -0.05) is 0 Å². The van der Waals surface area contributed by atoms with Gasteiger partial charge in [0.05, 0.1) is 16.6 Å². The lowest BCUT2D eigenvalue weighted by molar-refractivity contribution is -0.385. The molecule has 0 fully saturated rings. The molecular weight excluding hydrogens is 172 g/mol. The minimum atomic E-state index is -0.625. The number of non-ortho nitro benzene ring substituents is 1. The first-order valence-corrected chi connectivity index (χ1v) is 3.44. The van der Waals surface area contributed by atoms with E-state index in [1.54, 1.807) is 6.07 Å². The van der Waals surface area contributed by atoms with Crippen molar-refractivity contribution in [3.63, 3.8) is 0 Å². The Balaban J connectivity index is 3.24. The Hall–Kier alpha value is -1.93. The van der Waals surface area contributed by atoms with Crippen molar-refractivity contribution in [2.24, 2.45) is 0 Å². The largest absolute Gasteiger partial charge is 0.271 e. The zero-order valence-corrected chi connectivity index (χ0v) is 6.56. The molecule has 0 aromatic heterocycles. The number of hydrogen-bond donors (Lipinski definition) is 0. The number of nitro benzene ring substituents is 1. The lowest BCUT2D eigenvalue weighted by Crippen LogP contribution is -1.92. The Bertz CT molecular complexity index is 381. The van der Waals surface area contributed by atoms with Crippen molar-refractivity contribution in [3.8, 4) is 6.07 Å². The second kappa shape index (κ2) is 3.65. The third-order valence-electron chi connectivity index (χ3n) is 1.48. The number of nitrogens with zero attached hydrogens (tertiary/aromatic N) is 2. The first-order chi connectivity index (χ1) is 6.17. The van der Waals surface area contributed by atoms with Crippen LogP contribution in [0.4, 0.5) is 5.69 Å². The predicted molar refractivity (Wildman–Crippen MR) is 42.2 cm³/mol. The van der Waals surface area contributed by atoms with Crippen LogP contribution in [0.25, 0.3) is 0 Å². The van der Waals surface area contributed by atoms with Gasteiger partial charge in [-0.25, -0.2) is 5.11 Å². The molecule has 0 spiro atoms. The van der Waals surface area contributed by atoms with E-state index < -0.39 is 11.5 Å². The Morgan fingerprint density at radius 1 is 1.46 bits per heavy atom. The molecule has 0 amide bonds. The first-order valence-electron chi connectivity index (χ1n) is 3.44. The highest BCUT2D eigenvalue weighted by molar-refractivity contribution is 5.44. The van der Waals surface area contributed by atoms with E-state index in [0.717, 1.165) is 6.07 Å². The van der Waals surface area contributed by atoms with Crippen LogP contribution < -0.4 is 0 Å². The fourth-order valence-electron chi connectivity index (χ4n) is 0.927. The first kappa shape index (κ1) is 9.16. The molecule has 0 saturated carbocycles. The molecule has 0 N–H and O–H groups in total. The van der Waals surface area contributed by atoms with Gasteiger partial charge in [0.15, 0.2) is 0 Å². The monoisotopic (exact) mass is 177 g/mol. The predicted octanol–water partition coefficient (Wildman–Crippen LogP) is 1.40. The summed E-state index contributed by atoms with van der Waals surface area (Å²) < 4.78 is 0. The zero-order chi connectivity index (χ0) is 9.84. The van der Waals surface area contributed by atoms with Crippen molar-refractivity contribution in [2.75, 3.05) is 0 Å². The van der Waals surface area contributed by atoms with Crippen molar-refractivity contribution in [2.45, 2.75) is 6.61 Å². The molecule has 1 aromatic carbocycles. The summed E-state index contributed by atoms with van der Waals surface area (Å²) in [7, 11) is 0. The summed E-state index contributed by atoms with van der Waals surface area (Å²) in [6.45, 7) is -0.559. The van der Waals surface area contributed by atoms with Crippen LogP contribution in [0, 0.1) is 21.4 Å². The van der Waals surface area contributed by atoms with E-state index in [1.165, 1.54) is 12.1 Å². The molecule has 0 atom stereocenters. The molecule has 0 unspecified atom stereocenters. The average molecular weight is 177 g/mol. The molecule has 65 valence electrons. The molecule has 0 aliphatic rings. The van der Waals surface area contributed by atoms with Crippen molar-refractivity contribution >= 4 is 5.69 Å². The summed E-state index contributed by atoms with van der Waals surface area (Å²) in [6, 6.07) is 5.41. The number of nitro groups is 1. The van der Waals surface area contributed by atoms with E-state index in [4.69, 9.17) is 5.26 Å². The lowest BCUT2D eigenvalue weighted by atomic mass is 10.1. The van der Waals surface area contributed by atoms with E-state index in [1.807, 2.05) is 0 Å². The summed E-state index contributed by atoms with van der Waals surface area (Å²) >= 11 is 0. The van der Waals surface area contributed by atoms with Crippen molar-refractivity contribution in [3.05, 3.63) is 39.4 Å². The highest BCUT2D eigenvalue weighted by Crippen LogP contribution is 2.16. The van der Waals surface area contributed by atoms with Gasteiger partial charge < -0.3 is 0 Å². The van der Waals surface area contributed by atoms with Crippen molar-refractivity contribution < 1.29 is 10.0 Å². The smallest absolute Gasteiger partial charge is 0.258 e. The fraction of sp³-hybridized carbons (Fsp3) is 0.125. The van der Waals surface area contributed by atoms with Gasteiger partial charge in [0.25, 0.3) is 5.69 Å². The summed E-state index contributed by atoms with van der Waals surface area (Å²) in [5.41, 5.74) is 0.177. The van der Waals surface area contributed by atoms with E-state index in [-0.39, 0.29) is 16.8 Å². The quantitative estimate of drug-likeness (QED) is 0.505. The van der Waals surface area contributed by atoms with Crippen molar-refractivity contribution in [1.29, 1.82) is 5.26 Å². The van der Waals surface area contributed by atoms with Gasteiger partial charge in [-0.05, 0) is 11.6 Å². The van der Waals surface area contributed by atoms with Crippen LogP contribution in [0.5, 0.6) is 0 Å². The molecule has 1 rings (SSSR count). The number of nitriles is 1. The normalized spacial score (nSPS) is 9.23. The molecule has 1 aromatic rings. The van der Waals surface area contributed by atoms with Crippen molar-refractivity contribution in [1.82, 2.24) is 0 Å². The van der Waals surface area contributed by atoms with Crippen LogP contribution in [0.3, 0.4) is 0 Å². The number of benzene rings is 1. The molecule has 0 saturated heterocycles. The minimum Gasteiger partial charge on any atom is -0.258 e. The van der Waals surface area contributed by atoms with Gasteiger partial charge in [0, 0.05) is 12.1 Å². The van der Waals surface area contributed by atoms with Gasteiger partial charge in [-0.2, -0.15) is 5.26 Å². The molecule has 0 bridgehead atoms. The molecule has 1 radical (unpaired) electrons. The van der Waals surface area contributed by atoms with E-state index in [9.17, 15) is 15.2 Å². The Kier molecular flexibility index (Phi) is 2.57. The average Bonchev–Trinajstić information content (AvgIpc) is 2.16. The maximum absolute atomic E-state index is 10.4. The van der Waals surface area contributed by atoms with E-state index in [0.29, 0.717) is 0 Å². The molecular formula is C8H5N2O3. The van der Waals surface area contributed by atoms with Crippen LogP contribution in [-0.2, 0) is 11.7 Å². The second-order valence-corrected chi connectivity index (χ2v) is 2.40. The second-order valence-electron chi connectivity index (χ2n) is 2.40. The molecule has 0 aliphatic heterocycles. The van der Waals surface area contributed by atoms with Gasteiger partial charge in [0.2, 0.25) is 0 Å².